The topological polar surface area (TPSA) is 83.4 Å². The molecule has 0 saturated carbocycles. The molecule has 2 heterocycles. The van der Waals surface area contributed by atoms with Crippen molar-refractivity contribution in [1.82, 2.24) is 5.01 Å². The van der Waals surface area contributed by atoms with Gasteiger partial charge in [-0.15, -0.1) is 0 Å². The summed E-state index contributed by atoms with van der Waals surface area (Å²) in [5, 5.41) is 10.0. The van der Waals surface area contributed by atoms with Crippen molar-refractivity contribution in [3.05, 3.63) is 94.5 Å². The van der Waals surface area contributed by atoms with Crippen molar-refractivity contribution in [2.45, 2.75) is 31.1 Å². The maximum Gasteiger partial charge on any atom is 0.262 e. The summed E-state index contributed by atoms with van der Waals surface area (Å²) < 4.78 is 5.29. The molecule has 37 heavy (non-hydrogen) atoms. The van der Waals surface area contributed by atoms with Crippen molar-refractivity contribution >= 4 is 51.7 Å². The molecule has 2 atom stereocenters. The number of thioether (sulfide) groups is 1. The summed E-state index contributed by atoms with van der Waals surface area (Å²) >= 11 is 7.19. The molecule has 0 aliphatic carbocycles. The number of halogens is 1. The van der Waals surface area contributed by atoms with Gasteiger partial charge in [0.15, 0.2) is 5.17 Å². The maximum absolute atomic E-state index is 12.8. The number of rotatable bonds is 6. The Kier molecular flexibility index (Phi) is 7.30. The van der Waals surface area contributed by atoms with Crippen LogP contribution in [0.3, 0.4) is 0 Å². The summed E-state index contributed by atoms with van der Waals surface area (Å²) in [7, 11) is 1.63. The van der Waals surface area contributed by atoms with Crippen LogP contribution in [0.1, 0.15) is 35.6 Å². The number of aliphatic imine (C=N–C) groups is 1. The van der Waals surface area contributed by atoms with Crippen LogP contribution in [0.15, 0.2) is 82.9 Å². The van der Waals surface area contributed by atoms with E-state index in [1.165, 1.54) is 17.3 Å². The standard InChI is InChI=1S/C28H25ClN4O3S/c1-17-3-5-19(6-4-17)24-15-23(18-7-13-22(36-2)14-8-18)32-33(24)28-31-27(35)25(37-28)16-26(34)30-21-11-9-20(29)10-12-21/h3-14,24-25H,15-16H2,1-2H3,(H,30,34). The number of nitrogens with one attached hydrogen (secondary N) is 1. The Morgan fingerprint density at radius 3 is 2.46 bits per heavy atom. The van der Waals surface area contributed by atoms with Crippen LogP contribution in [0.4, 0.5) is 5.69 Å². The fourth-order valence-electron chi connectivity index (χ4n) is 4.21. The number of nitrogens with zero attached hydrogens (tertiary/aromatic N) is 3. The number of ether oxygens (including phenoxy) is 1. The second kappa shape index (κ2) is 10.8. The predicted octanol–water partition coefficient (Wildman–Crippen LogP) is 5.83. The number of hydrazone groups is 1. The first-order chi connectivity index (χ1) is 17.9. The minimum absolute atomic E-state index is 0.0111. The fraction of sp³-hybridized carbons (Fsp3) is 0.214. The summed E-state index contributed by atoms with van der Waals surface area (Å²) in [5.74, 6) is 0.181. The molecule has 0 fully saturated rings. The molecule has 3 aromatic carbocycles. The molecule has 0 aromatic heterocycles. The third kappa shape index (κ3) is 5.70. The van der Waals surface area contributed by atoms with Gasteiger partial charge < -0.3 is 10.1 Å². The van der Waals surface area contributed by atoms with Crippen LogP contribution in [-0.4, -0.2) is 40.1 Å². The van der Waals surface area contributed by atoms with Crippen molar-refractivity contribution in [2.24, 2.45) is 10.1 Å². The molecule has 0 spiro atoms. The number of amides is 2. The van der Waals surface area contributed by atoms with E-state index in [0.29, 0.717) is 22.3 Å². The first-order valence-electron chi connectivity index (χ1n) is 11.8. The molecule has 1 N–H and O–H groups in total. The van der Waals surface area contributed by atoms with Crippen LogP contribution >= 0.6 is 23.4 Å². The lowest BCUT2D eigenvalue weighted by atomic mass is 9.98. The minimum Gasteiger partial charge on any atom is -0.497 e. The number of carbonyl (C=O) groups excluding carboxylic acids is 2. The highest BCUT2D eigenvalue weighted by atomic mass is 35.5. The first kappa shape index (κ1) is 25.0. The van der Waals surface area contributed by atoms with Gasteiger partial charge in [-0.2, -0.15) is 10.1 Å². The zero-order chi connectivity index (χ0) is 25.9. The van der Waals surface area contributed by atoms with Crippen molar-refractivity contribution in [3.8, 4) is 5.75 Å². The second-order valence-electron chi connectivity index (χ2n) is 8.85. The Bertz CT molecular complexity index is 1370. The number of methoxy groups -OCH3 is 1. The highest BCUT2D eigenvalue weighted by molar-refractivity contribution is 8.15. The normalized spacial score (nSPS) is 19.0. The molecule has 2 aliphatic rings. The Morgan fingerprint density at radius 1 is 1.08 bits per heavy atom. The van der Waals surface area contributed by atoms with Crippen molar-refractivity contribution in [3.63, 3.8) is 0 Å². The van der Waals surface area contributed by atoms with E-state index in [0.717, 1.165) is 22.6 Å². The minimum atomic E-state index is -0.610. The van der Waals surface area contributed by atoms with Crippen molar-refractivity contribution in [2.75, 3.05) is 12.4 Å². The number of aryl methyl sites for hydroxylation is 1. The SMILES string of the molecule is COc1ccc(C2=NN(C3=NC(=O)C(CC(=O)Nc4ccc(Cl)cc4)S3)C(c3ccc(C)cc3)C2)cc1. The van der Waals surface area contributed by atoms with Crippen LogP contribution in [0, 0.1) is 6.92 Å². The van der Waals surface area contributed by atoms with E-state index in [-0.39, 0.29) is 24.3 Å². The Balaban J connectivity index is 1.35. The van der Waals surface area contributed by atoms with Crippen LogP contribution < -0.4 is 10.1 Å². The molecule has 0 radical (unpaired) electrons. The van der Waals surface area contributed by atoms with E-state index in [9.17, 15) is 9.59 Å². The molecule has 5 rings (SSSR count). The number of amidine groups is 1. The van der Waals surface area contributed by atoms with Crippen LogP contribution in [0.2, 0.25) is 5.02 Å². The largest absolute Gasteiger partial charge is 0.497 e. The molecule has 3 aromatic rings. The van der Waals surface area contributed by atoms with Gasteiger partial charge in [0.1, 0.15) is 11.0 Å². The van der Waals surface area contributed by atoms with Gasteiger partial charge in [0.2, 0.25) is 5.91 Å². The summed E-state index contributed by atoms with van der Waals surface area (Å²) in [6.45, 7) is 2.05. The number of benzene rings is 3. The average Bonchev–Trinajstić information content (AvgIpc) is 3.50. The second-order valence-corrected chi connectivity index (χ2v) is 10.5. The number of hydrogen-bond acceptors (Lipinski definition) is 6. The number of hydrogen-bond donors (Lipinski definition) is 1. The molecule has 2 unspecified atom stereocenters. The van der Waals surface area contributed by atoms with Crippen LogP contribution in [0.25, 0.3) is 0 Å². The van der Waals surface area contributed by atoms with E-state index in [2.05, 4.69) is 34.6 Å². The van der Waals surface area contributed by atoms with Gasteiger partial charge in [-0.05, 0) is 66.6 Å². The van der Waals surface area contributed by atoms with Crippen LogP contribution in [-0.2, 0) is 9.59 Å². The monoisotopic (exact) mass is 532 g/mol. The molecular weight excluding hydrogens is 508 g/mol. The summed E-state index contributed by atoms with van der Waals surface area (Å²) in [6.07, 6.45) is 0.669. The zero-order valence-electron chi connectivity index (χ0n) is 20.3. The molecule has 0 saturated heterocycles. The quantitative estimate of drug-likeness (QED) is 0.431. The number of carbonyl (C=O) groups is 2. The lowest BCUT2D eigenvalue weighted by Crippen LogP contribution is -2.25. The van der Waals surface area contributed by atoms with Crippen molar-refractivity contribution in [1.29, 1.82) is 0 Å². The van der Waals surface area contributed by atoms with E-state index in [1.54, 1.807) is 31.4 Å². The van der Waals surface area contributed by atoms with E-state index in [4.69, 9.17) is 21.4 Å². The van der Waals surface area contributed by atoms with Crippen LogP contribution in [0.5, 0.6) is 5.75 Å². The lowest BCUT2D eigenvalue weighted by Gasteiger charge is -2.23. The molecule has 0 bridgehead atoms. The number of anilines is 1. The van der Waals surface area contributed by atoms with E-state index < -0.39 is 5.25 Å². The van der Waals surface area contributed by atoms with Gasteiger partial charge in [0.05, 0.1) is 18.9 Å². The Hall–Kier alpha value is -3.62. The highest BCUT2D eigenvalue weighted by Crippen LogP contribution is 2.39. The van der Waals surface area contributed by atoms with Gasteiger partial charge in [0.25, 0.3) is 5.91 Å². The molecule has 7 nitrogen and oxygen atoms in total. The summed E-state index contributed by atoms with van der Waals surface area (Å²) in [5.41, 5.74) is 4.75. The molecule has 2 amide bonds. The van der Waals surface area contributed by atoms with Gasteiger partial charge in [-0.1, -0.05) is 53.2 Å². The predicted molar refractivity (Wildman–Crippen MR) is 148 cm³/mol. The Morgan fingerprint density at radius 2 is 1.78 bits per heavy atom. The van der Waals surface area contributed by atoms with Gasteiger partial charge in [0, 0.05) is 23.6 Å². The third-order valence-corrected chi connectivity index (χ3v) is 7.61. The molecule has 188 valence electrons. The maximum atomic E-state index is 12.8. The molecular formula is C28H25ClN4O3S. The fourth-order valence-corrected chi connectivity index (χ4v) is 5.40. The van der Waals surface area contributed by atoms with E-state index in [1.807, 2.05) is 36.2 Å². The highest BCUT2D eigenvalue weighted by Gasteiger charge is 2.39. The Labute approximate surface area is 224 Å². The van der Waals surface area contributed by atoms with Gasteiger partial charge >= 0.3 is 0 Å². The third-order valence-electron chi connectivity index (χ3n) is 6.22. The van der Waals surface area contributed by atoms with Gasteiger partial charge in [-0.25, -0.2) is 5.01 Å². The summed E-state index contributed by atoms with van der Waals surface area (Å²) in [6, 6.07) is 22.8. The molecule has 2 aliphatic heterocycles. The first-order valence-corrected chi connectivity index (χ1v) is 13.1. The summed E-state index contributed by atoms with van der Waals surface area (Å²) in [4.78, 5) is 29.7. The van der Waals surface area contributed by atoms with E-state index >= 15 is 0 Å². The average molecular weight is 533 g/mol. The smallest absolute Gasteiger partial charge is 0.262 e. The van der Waals surface area contributed by atoms with Gasteiger partial charge in [-0.3, -0.25) is 9.59 Å². The van der Waals surface area contributed by atoms with Crippen molar-refractivity contribution < 1.29 is 14.3 Å². The molecule has 9 heteroatoms. The zero-order valence-corrected chi connectivity index (χ0v) is 21.9. The lowest BCUT2D eigenvalue weighted by molar-refractivity contribution is -0.121.